The van der Waals surface area contributed by atoms with Gasteiger partial charge in [0.25, 0.3) is 11.8 Å². The summed E-state index contributed by atoms with van der Waals surface area (Å²) in [5.41, 5.74) is 5.07. The van der Waals surface area contributed by atoms with E-state index in [0.29, 0.717) is 23.7 Å². The molecule has 2 unspecified atom stereocenters. The third-order valence-electron chi connectivity index (χ3n) is 3.70. The lowest BCUT2D eigenvalue weighted by atomic mass is 10.00. The Bertz CT molecular complexity index is 628. The number of amides is 4. The van der Waals surface area contributed by atoms with E-state index in [-0.39, 0.29) is 24.4 Å². The van der Waals surface area contributed by atoms with Crippen LogP contribution in [0.3, 0.4) is 0 Å². The molecule has 2 saturated heterocycles. The van der Waals surface area contributed by atoms with E-state index in [1.165, 1.54) is 16.2 Å². The van der Waals surface area contributed by atoms with Gasteiger partial charge in [0.2, 0.25) is 0 Å². The fourth-order valence-electron chi connectivity index (χ4n) is 2.56. The first-order valence-corrected chi connectivity index (χ1v) is 7.43. The van der Waals surface area contributed by atoms with E-state index in [0.717, 1.165) is 0 Å². The topological polar surface area (TPSA) is 117 Å². The minimum absolute atomic E-state index is 0.161. The Hall–Kier alpha value is -2.00. The molecule has 21 heavy (non-hydrogen) atoms. The number of hydrogen-bond acceptors (Lipinski definition) is 6. The minimum atomic E-state index is -0.993. The summed E-state index contributed by atoms with van der Waals surface area (Å²) in [6.07, 6.45) is 0.403. The summed E-state index contributed by atoms with van der Waals surface area (Å²) in [6, 6.07) is -0.733. The van der Waals surface area contributed by atoms with Crippen LogP contribution < -0.4 is 16.4 Å². The van der Waals surface area contributed by atoms with E-state index in [1.807, 2.05) is 0 Å². The monoisotopic (exact) mass is 309 g/mol. The summed E-state index contributed by atoms with van der Waals surface area (Å²) in [6.45, 7) is 2.36. The minimum Gasteiger partial charge on any atom is -0.334 e. The van der Waals surface area contributed by atoms with E-state index < -0.39 is 11.6 Å². The van der Waals surface area contributed by atoms with Gasteiger partial charge in [-0.1, -0.05) is 0 Å². The molecule has 1 aromatic heterocycles. The molecule has 0 aliphatic carbocycles. The van der Waals surface area contributed by atoms with Crippen molar-refractivity contribution in [3.8, 4) is 0 Å². The van der Waals surface area contributed by atoms with Crippen molar-refractivity contribution >= 4 is 29.2 Å². The molecule has 2 aliphatic rings. The van der Waals surface area contributed by atoms with Gasteiger partial charge in [0.1, 0.15) is 16.2 Å². The summed E-state index contributed by atoms with van der Waals surface area (Å²) >= 11 is 1.34. The molecule has 112 valence electrons. The van der Waals surface area contributed by atoms with E-state index in [9.17, 15) is 14.4 Å². The second kappa shape index (κ2) is 4.78. The van der Waals surface area contributed by atoms with Crippen LogP contribution in [0.5, 0.6) is 0 Å². The zero-order chi connectivity index (χ0) is 15.2. The molecule has 0 saturated carbocycles. The molecule has 0 radical (unpaired) electrons. The molecule has 8 nitrogen and oxygen atoms in total. The van der Waals surface area contributed by atoms with Gasteiger partial charge in [-0.05, 0) is 13.3 Å². The summed E-state index contributed by atoms with van der Waals surface area (Å²) < 4.78 is 0. The standard InChI is InChI=1S/C12H15N5O3S/c1-6(13)8-14-7(4-21-8)9(18)17-3-2-12(5-17)10(19)15-11(20)16-12/h4,6H,2-3,5,13H2,1H3,(H2,15,16,19,20). The third kappa shape index (κ3) is 2.28. The molecule has 4 N–H and O–H groups in total. The predicted octanol–water partition coefficient (Wildman–Crippen LogP) is -0.413. The van der Waals surface area contributed by atoms with Crippen LogP contribution in [0, 0.1) is 0 Å². The molecule has 1 aromatic rings. The van der Waals surface area contributed by atoms with Crippen LogP contribution in [-0.2, 0) is 4.79 Å². The van der Waals surface area contributed by atoms with Gasteiger partial charge < -0.3 is 16.0 Å². The Morgan fingerprint density at radius 1 is 1.57 bits per heavy atom. The van der Waals surface area contributed by atoms with Gasteiger partial charge in [0.15, 0.2) is 0 Å². The van der Waals surface area contributed by atoms with Crippen molar-refractivity contribution < 1.29 is 14.4 Å². The number of rotatable bonds is 2. The van der Waals surface area contributed by atoms with Crippen LogP contribution in [0.1, 0.15) is 34.9 Å². The highest BCUT2D eigenvalue weighted by Gasteiger charge is 2.51. The van der Waals surface area contributed by atoms with Crippen molar-refractivity contribution in [2.45, 2.75) is 24.9 Å². The zero-order valence-corrected chi connectivity index (χ0v) is 12.2. The Labute approximate surface area is 124 Å². The van der Waals surface area contributed by atoms with Crippen molar-refractivity contribution in [3.63, 3.8) is 0 Å². The van der Waals surface area contributed by atoms with Crippen molar-refractivity contribution in [1.29, 1.82) is 0 Å². The largest absolute Gasteiger partial charge is 0.334 e. The molecule has 4 amide bonds. The maximum atomic E-state index is 12.4. The first kappa shape index (κ1) is 14.0. The molecular formula is C12H15N5O3S. The summed E-state index contributed by atoms with van der Waals surface area (Å²) in [5, 5.41) is 7.18. The highest BCUT2D eigenvalue weighted by atomic mass is 32.1. The Morgan fingerprint density at radius 3 is 2.90 bits per heavy atom. The number of imide groups is 1. The second-order valence-corrected chi connectivity index (χ2v) is 6.22. The SMILES string of the molecule is CC(N)c1nc(C(=O)N2CCC3(C2)NC(=O)NC3=O)cs1. The lowest BCUT2D eigenvalue weighted by molar-refractivity contribution is -0.123. The van der Waals surface area contributed by atoms with Gasteiger partial charge in [0, 0.05) is 11.9 Å². The van der Waals surface area contributed by atoms with E-state index >= 15 is 0 Å². The van der Waals surface area contributed by atoms with Gasteiger partial charge in [-0.15, -0.1) is 11.3 Å². The highest BCUT2D eigenvalue weighted by molar-refractivity contribution is 7.09. The summed E-state index contributed by atoms with van der Waals surface area (Å²) in [4.78, 5) is 41.3. The normalized spacial score (nSPS) is 26.1. The smallest absolute Gasteiger partial charge is 0.322 e. The van der Waals surface area contributed by atoms with E-state index in [2.05, 4.69) is 15.6 Å². The first-order chi connectivity index (χ1) is 9.91. The van der Waals surface area contributed by atoms with Crippen LogP contribution >= 0.6 is 11.3 Å². The number of nitrogens with one attached hydrogen (secondary N) is 2. The number of nitrogens with two attached hydrogens (primary N) is 1. The molecule has 2 aliphatic heterocycles. The number of urea groups is 1. The third-order valence-corrected chi connectivity index (χ3v) is 4.75. The van der Waals surface area contributed by atoms with Gasteiger partial charge in [-0.3, -0.25) is 14.9 Å². The van der Waals surface area contributed by atoms with Crippen molar-refractivity contribution in [1.82, 2.24) is 20.5 Å². The average molecular weight is 309 g/mol. The van der Waals surface area contributed by atoms with Gasteiger partial charge in [-0.25, -0.2) is 9.78 Å². The fourth-order valence-corrected chi connectivity index (χ4v) is 3.31. The second-order valence-electron chi connectivity index (χ2n) is 5.33. The van der Waals surface area contributed by atoms with E-state index in [4.69, 9.17) is 5.73 Å². The molecule has 0 bridgehead atoms. The van der Waals surface area contributed by atoms with Crippen LogP contribution in [0.2, 0.25) is 0 Å². The van der Waals surface area contributed by atoms with Crippen LogP contribution in [0.4, 0.5) is 4.79 Å². The molecule has 9 heteroatoms. The molecule has 0 aromatic carbocycles. The fraction of sp³-hybridized carbons (Fsp3) is 0.500. The summed E-state index contributed by atoms with van der Waals surface area (Å²) in [7, 11) is 0. The number of hydrogen-bond donors (Lipinski definition) is 3. The first-order valence-electron chi connectivity index (χ1n) is 6.55. The molecule has 2 atom stereocenters. The van der Waals surface area contributed by atoms with Crippen LogP contribution in [-0.4, -0.2) is 46.4 Å². The molecule has 1 spiro atoms. The Balaban J connectivity index is 1.75. The lowest BCUT2D eigenvalue weighted by Gasteiger charge is -2.20. The van der Waals surface area contributed by atoms with E-state index in [1.54, 1.807) is 12.3 Å². The van der Waals surface area contributed by atoms with Crippen molar-refractivity contribution in [3.05, 3.63) is 16.1 Å². The number of nitrogens with zero attached hydrogens (tertiary/aromatic N) is 2. The van der Waals surface area contributed by atoms with Crippen molar-refractivity contribution in [2.24, 2.45) is 5.73 Å². The molecule has 3 heterocycles. The maximum Gasteiger partial charge on any atom is 0.322 e. The molecular weight excluding hydrogens is 294 g/mol. The predicted molar refractivity (Wildman–Crippen MR) is 74.6 cm³/mol. The quantitative estimate of drug-likeness (QED) is 0.642. The maximum absolute atomic E-state index is 12.4. The summed E-state index contributed by atoms with van der Waals surface area (Å²) in [5.74, 6) is -0.624. The number of thiazole rings is 1. The molecule has 2 fully saturated rings. The zero-order valence-electron chi connectivity index (χ0n) is 11.4. The van der Waals surface area contributed by atoms with Gasteiger partial charge >= 0.3 is 6.03 Å². The highest BCUT2D eigenvalue weighted by Crippen LogP contribution is 2.26. The van der Waals surface area contributed by atoms with Crippen molar-refractivity contribution in [2.75, 3.05) is 13.1 Å². The number of likely N-dealkylation sites (tertiary alicyclic amines) is 1. The Kier molecular flexibility index (Phi) is 3.18. The lowest BCUT2D eigenvalue weighted by Crippen LogP contribution is -2.49. The average Bonchev–Trinajstić information content (AvgIpc) is 3.10. The number of aromatic nitrogens is 1. The van der Waals surface area contributed by atoms with Gasteiger partial charge in [-0.2, -0.15) is 0 Å². The van der Waals surface area contributed by atoms with Crippen LogP contribution in [0.25, 0.3) is 0 Å². The Morgan fingerprint density at radius 2 is 2.33 bits per heavy atom. The van der Waals surface area contributed by atoms with Crippen LogP contribution in [0.15, 0.2) is 5.38 Å². The van der Waals surface area contributed by atoms with Gasteiger partial charge in [0.05, 0.1) is 12.6 Å². The number of carbonyl (C=O) groups is 3. The molecule has 3 rings (SSSR count). The number of carbonyl (C=O) groups excluding carboxylic acids is 3.